The van der Waals surface area contributed by atoms with Crippen LogP contribution in [-0.2, 0) is 4.79 Å². The molecule has 0 aromatic heterocycles. The van der Waals surface area contributed by atoms with Crippen molar-refractivity contribution in [3.8, 4) is 0 Å². The topological polar surface area (TPSA) is 63.3 Å². The Kier molecular flexibility index (Phi) is 11.5. The largest absolute Gasteiger partial charge is 0.481 e. The molecule has 0 radical (unpaired) electrons. The van der Waals surface area contributed by atoms with Gasteiger partial charge in [0.05, 0.1) is 0 Å². The van der Waals surface area contributed by atoms with E-state index in [4.69, 9.17) is 10.8 Å². The molecule has 0 bridgehead atoms. The van der Waals surface area contributed by atoms with Crippen LogP contribution in [0.25, 0.3) is 0 Å². The second kappa shape index (κ2) is 11.9. The summed E-state index contributed by atoms with van der Waals surface area (Å²) in [6.45, 7) is 2.15. The smallest absolute Gasteiger partial charge is 0.303 e. The van der Waals surface area contributed by atoms with Gasteiger partial charge in [0.2, 0.25) is 0 Å². The summed E-state index contributed by atoms with van der Waals surface area (Å²) in [5.74, 6) is -0.670. The lowest BCUT2D eigenvalue weighted by Gasteiger charge is -2.15. The first-order valence-electron chi connectivity index (χ1n) is 7.14. The molecule has 0 heterocycles. The van der Waals surface area contributed by atoms with Crippen LogP contribution in [0.3, 0.4) is 0 Å². The fraction of sp³-hybridized carbons (Fsp3) is 0.929. The van der Waals surface area contributed by atoms with Crippen LogP contribution in [0.4, 0.5) is 0 Å². The van der Waals surface area contributed by atoms with Gasteiger partial charge in [-0.15, -0.1) is 0 Å². The van der Waals surface area contributed by atoms with E-state index < -0.39 is 5.97 Å². The van der Waals surface area contributed by atoms with Crippen LogP contribution >= 0.6 is 0 Å². The lowest BCUT2D eigenvalue weighted by atomic mass is 9.97. The molecule has 3 N–H and O–H groups in total. The molecule has 0 atom stereocenters. The molecule has 1 aliphatic carbocycles. The van der Waals surface area contributed by atoms with Crippen LogP contribution in [0, 0.1) is 0 Å². The summed E-state index contributed by atoms with van der Waals surface area (Å²) < 4.78 is 0. The van der Waals surface area contributed by atoms with Gasteiger partial charge in [-0.2, -0.15) is 0 Å². The van der Waals surface area contributed by atoms with Crippen molar-refractivity contribution >= 4 is 5.97 Å². The summed E-state index contributed by atoms with van der Waals surface area (Å²) in [5.41, 5.74) is 5.63. The second-order valence-corrected chi connectivity index (χ2v) is 4.96. The van der Waals surface area contributed by atoms with Gasteiger partial charge >= 0.3 is 5.97 Å². The van der Waals surface area contributed by atoms with E-state index in [9.17, 15) is 4.79 Å². The summed E-state index contributed by atoms with van der Waals surface area (Å²) in [4.78, 5) is 10.0. The van der Waals surface area contributed by atoms with Gasteiger partial charge in [0.1, 0.15) is 0 Å². The van der Waals surface area contributed by atoms with E-state index in [0.717, 1.165) is 12.8 Å². The SMILES string of the molecule is CCCCCCCC(=O)O.NC1CCCCC1. The number of rotatable bonds is 6. The average molecular weight is 243 g/mol. The second-order valence-electron chi connectivity index (χ2n) is 4.96. The molecule has 1 rings (SSSR count). The van der Waals surface area contributed by atoms with Crippen LogP contribution in [0.5, 0.6) is 0 Å². The number of aliphatic carboxylic acids is 1. The molecule has 0 saturated heterocycles. The van der Waals surface area contributed by atoms with Gasteiger partial charge in [0, 0.05) is 12.5 Å². The molecule has 0 aromatic rings. The fourth-order valence-corrected chi connectivity index (χ4v) is 2.01. The summed E-state index contributed by atoms with van der Waals surface area (Å²) in [7, 11) is 0. The van der Waals surface area contributed by atoms with Gasteiger partial charge < -0.3 is 10.8 Å². The molecule has 1 aliphatic rings. The third-order valence-corrected chi connectivity index (χ3v) is 3.14. The van der Waals surface area contributed by atoms with Gasteiger partial charge in [-0.05, 0) is 19.3 Å². The highest BCUT2D eigenvalue weighted by Gasteiger charge is 2.06. The van der Waals surface area contributed by atoms with Gasteiger partial charge in [0.15, 0.2) is 0 Å². The van der Waals surface area contributed by atoms with E-state index in [0.29, 0.717) is 12.5 Å². The van der Waals surface area contributed by atoms with E-state index in [1.807, 2.05) is 0 Å². The molecule has 1 fully saturated rings. The third kappa shape index (κ3) is 13.4. The minimum absolute atomic E-state index is 0.337. The molecule has 0 unspecified atom stereocenters. The number of carbonyl (C=O) groups is 1. The molecule has 3 nitrogen and oxygen atoms in total. The highest BCUT2D eigenvalue weighted by molar-refractivity contribution is 5.66. The van der Waals surface area contributed by atoms with Crippen LogP contribution in [-0.4, -0.2) is 17.1 Å². The van der Waals surface area contributed by atoms with Crippen LogP contribution in [0.1, 0.15) is 77.6 Å². The maximum absolute atomic E-state index is 10.0. The van der Waals surface area contributed by atoms with Crippen LogP contribution < -0.4 is 5.73 Å². The Hall–Kier alpha value is -0.570. The summed E-state index contributed by atoms with van der Waals surface area (Å²) in [6.07, 6.45) is 12.5. The normalized spacial score (nSPS) is 16.1. The zero-order valence-electron chi connectivity index (χ0n) is 11.3. The number of nitrogens with two attached hydrogens (primary N) is 1. The molecule has 17 heavy (non-hydrogen) atoms. The highest BCUT2D eigenvalue weighted by atomic mass is 16.4. The Morgan fingerprint density at radius 3 is 2.12 bits per heavy atom. The van der Waals surface area contributed by atoms with Crippen molar-refractivity contribution in [2.75, 3.05) is 0 Å². The fourth-order valence-electron chi connectivity index (χ4n) is 2.01. The highest BCUT2D eigenvalue weighted by Crippen LogP contribution is 2.14. The summed E-state index contributed by atoms with van der Waals surface area (Å²) in [6, 6.07) is 0.536. The minimum Gasteiger partial charge on any atom is -0.481 e. The molecular formula is C14H29NO2. The van der Waals surface area contributed by atoms with Crippen LogP contribution in [0.15, 0.2) is 0 Å². The monoisotopic (exact) mass is 243 g/mol. The van der Waals surface area contributed by atoms with E-state index in [2.05, 4.69) is 6.92 Å². The summed E-state index contributed by atoms with van der Waals surface area (Å²) in [5, 5.41) is 8.27. The first-order chi connectivity index (χ1) is 8.16. The average Bonchev–Trinajstić information content (AvgIpc) is 2.30. The Morgan fingerprint density at radius 1 is 1.12 bits per heavy atom. The zero-order chi connectivity index (χ0) is 12.9. The number of carboxylic acid groups (broad SMARTS) is 1. The zero-order valence-corrected chi connectivity index (χ0v) is 11.3. The Balaban J connectivity index is 0.000000318. The number of unbranched alkanes of at least 4 members (excludes halogenated alkanes) is 4. The summed E-state index contributed by atoms with van der Waals surface area (Å²) >= 11 is 0. The number of hydrogen-bond donors (Lipinski definition) is 2. The molecular weight excluding hydrogens is 214 g/mol. The first kappa shape index (κ1) is 16.4. The molecule has 3 heteroatoms. The van der Waals surface area contributed by atoms with Crippen molar-refractivity contribution in [2.45, 2.75) is 83.6 Å². The van der Waals surface area contributed by atoms with Crippen molar-refractivity contribution in [1.29, 1.82) is 0 Å². The van der Waals surface area contributed by atoms with Crippen molar-refractivity contribution in [1.82, 2.24) is 0 Å². The molecule has 102 valence electrons. The Labute approximate surface area is 106 Å². The maximum atomic E-state index is 10.0. The molecule has 0 amide bonds. The lowest BCUT2D eigenvalue weighted by molar-refractivity contribution is -0.137. The van der Waals surface area contributed by atoms with E-state index >= 15 is 0 Å². The van der Waals surface area contributed by atoms with Gasteiger partial charge in [-0.1, -0.05) is 51.9 Å². The first-order valence-corrected chi connectivity index (χ1v) is 7.14. The quantitative estimate of drug-likeness (QED) is 0.699. The standard InChI is InChI=1S/C8H16O2.C6H13N/c1-2-3-4-5-6-7-8(9)10;7-6-4-2-1-3-5-6/h2-7H2,1H3,(H,9,10);6H,1-5,7H2. The molecule has 0 aliphatic heterocycles. The van der Waals surface area contributed by atoms with E-state index in [-0.39, 0.29) is 0 Å². The minimum atomic E-state index is -0.670. The Morgan fingerprint density at radius 2 is 1.71 bits per heavy atom. The Bertz CT molecular complexity index is 177. The van der Waals surface area contributed by atoms with E-state index in [1.165, 1.54) is 51.4 Å². The number of carboxylic acids is 1. The lowest BCUT2D eigenvalue weighted by Crippen LogP contribution is -2.22. The van der Waals surface area contributed by atoms with Crippen molar-refractivity contribution in [2.24, 2.45) is 5.73 Å². The molecule has 0 spiro atoms. The predicted octanol–water partition coefficient (Wildman–Crippen LogP) is 3.71. The predicted molar refractivity (Wildman–Crippen MR) is 72.1 cm³/mol. The maximum Gasteiger partial charge on any atom is 0.303 e. The van der Waals surface area contributed by atoms with Crippen LogP contribution in [0.2, 0.25) is 0 Å². The van der Waals surface area contributed by atoms with Gasteiger partial charge in [0.25, 0.3) is 0 Å². The number of hydrogen-bond acceptors (Lipinski definition) is 2. The third-order valence-electron chi connectivity index (χ3n) is 3.14. The van der Waals surface area contributed by atoms with E-state index in [1.54, 1.807) is 0 Å². The van der Waals surface area contributed by atoms with Gasteiger partial charge in [-0.3, -0.25) is 4.79 Å². The molecule has 0 aromatic carbocycles. The van der Waals surface area contributed by atoms with Crippen molar-refractivity contribution in [3.63, 3.8) is 0 Å². The van der Waals surface area contributed by atoms with Crippen molar-refractivity contribution in [3.05, 3.63) is 0 Å². The van der Waals surface area contributed by atoms with Gasteiger partial charge in [-0.25, -0.2) is 0 Å². The molecule has 1 saturated carbocycles. The van der Waals surface area contributed by atoms with Crippen molar-refractivity contribution < 1.29 is 9.90 Å².